The standard InChI is InChI=1S/C22H21O2P.Li.H/c1-15-7-6-8-16(2)20(15)21(23)22(17-9-4-3-5-10-17)24-18-11-13-19(25)14-12-18;;/h3-14,22H,25H2,1-2H3;;. The van der Waals surface area contributed by atoms with Gasteiger partial charge in [-0.25, -0.2) is 0 Å². The maximum absolute atomic E-state index is 13.3. The Morgan fingerprint density at radius 1 is 0.846 bits per heavy atom. The molecular weight excluding hydrogens is 334 g/mol. The van der Waals surface area contributed by atoms with E-state index in [4.69, 9.17) is 4.74 Å². The van der Waals surface area contributed by atoms with E-state index in [1.54, 1.807) is 0 Å². The fourth-order valence-electron chi connectivity index (χ4n) is 2.92. The summed E-state index contributed by atoms with van der Waals surface area (Å²) in [6.45, 7) is 3.93. The number of hydrogen-bond acceptors (Lipinski definition) is 2. The van der Waals surface area contributed by atoms with Crippen LogP contribution < -0.4 is 10.0 Å². The van der Waals surface area contributed by atoms with Gasteiger partial charge in [-0.3, -0.25) is 4.79 Å². The van der Waals surface area contributed by atoms with Gasteiger partial charge in [-0.15, -0.1) is 9.24 Å². The molecule has 26 heavy (non-hydrogen) atoms. The van der Waals surface area contributed by atoms with Gasteiger partial charge >= 0.3 is 18.9 Å². The van der Waals surface area contributed by atoms with Crippen molar-refractivity contribution in [1.82, 2.24) is 0 Å². The molecule has 0 spiro atoms. The number of carbonyl (C=O) groups excluding carboxylic acids is 1. The molecule has 0 heterocycles. The summed E-state index contributed by atoms with van der Waals surface area (Å²) in [6, 6.07) is 23.2. The normalized spacial score (nSPS) is 11.3. The van der Waals surface area contributed by atoms with Crippen LogP contribution in [-0.4, -0.2) is 24.6 Å². The molecule has 0 saturated heterocycles. The third-order valence-corrected chi connectivity index (χ3v) is 4.59. The molecule has 0 fully saturated rings. The van der Waals surface area contributed by atoms with E-state index in [0.717, 1.165) is 27.6 Å². The van der Waals surface area contributed by atoms with Gasteiger partial charge in [0, 0.05) is 11.1 Å². The molecule has 2 nitrogen and oxygen atoms in total. The van der Waals surface area contributed by atoms with Gasteiger partial charge in [0.2, 0.25) is 5.78 Å². The molecular formula is C22H22LiO2P. The second-order valence-corrected chi connectivity index (χ2v) is 6.78. The first kappa shape index (κ1) is 20.5. The molecule has 4 heteroatoms. The average molecular weight is 356 g/mol. The third kappa shape index (κ3) is 4.66. The van der Waals surface area contributed by atoms with Crippen molar-refractivity contribution >= 4 is 39.2 Å². The Labute approximate surface area is 169 Å². The van der Waals surface area contributed by atoms with Gasteiger partial charge in [-0.2, -0.15) is 0 Å². The Bertz CT molecular complexity index is 856. The van der Waals surface area contributed by atoms with Crippen LogP contribution in [0.1, 0.15) is 33.2 Å². The molecule has 0 aromatic heterocycles. The minimum absolute atomic E-state index is 0. The van der Waals surface area contributed by atoms with Gasteiger partial charge in [0.05, 0.1) is 0 Å². The number of rotatable bonds is 5. The van der Waals surface area contributed by atoms with E-state index >= 15 is 0 Å². The molecule has 0 N–H and O–H groups in total. The summed E-state index contributed by atoms with van der Waals surface area (Å²) in [6.07, 6.45) is -0.670. The van der Waals surface area contributed by atoms with Crippen molar-refractivity contribution in [3.63, 3.8) is 0 Å². The molecule has 128 valence electrons. The number of ketones is 1. The molecule has 0 bridgehead atoms. The van der Waals surface area contributed by atoms with Crippen molar-refractivity contribution in [3.05, 3.63) is 95.1 Å². The van der Waals surface area contributed by atoms with Crippen LogP contribution in [0.25, 0.3) is 0 Å². The van der Waals surface area contributed by atoms with Crippen molar-refractivity contribution in [2.24, 2.45) is 0 Å². The van der Waals surface area contributed by atoms with Crippen LogP contribution in [0.2, 0.25) is 0 Å². The summed E-state index contributed by atoms with van der Waals surface area (Å²) in [5, 5.41) is 1.07. The fraction of sp³-hybridized carbons (Fsp3) is 0.136. The molecule has 0 amide bonds. The Morgan fingerprint density at radius 2 is 1.42 bits per heavy atom. The molecule has 2 atom stereocenters. The summed E-state index contributed by atoms with van der Waals surface area (Å²) >= 11 is 0. The van der Waals surface area contributed by atoms with Gasteiger partial charge in [-0.1, -0.05) is 60.7 Å². The molecule has 3 aromatic rings. The molecule has 0 aliphatic rings. The van der Waals surface area contributed by atoms with Gasteiger partial charge < -0.3 is 4.74 Å². The fourth-order valence-corrected chi connectivity index (χ4v) is 3.11. The zero-order chi connectivity index (χ0) is 17.8. The number of aryl methyl sites for hydroxylation is 2. The van der Waals surface area contributed by atoms with E-state index in [1.165, 1.54) is 0 Å². The second kappa shape index (κ2) is 9.20. The predicted molar refractivity (Wildman–Crippen MR) is 113 cm³/mol. The molecule has 2 unspecified atom stereocenters. The maximum atomic E-state index is 13.3. The Kier molecular flexibility index (Phi) is 7.24. The number of carbonyl (C=O) groups is 1. The minimum atomic E-state index is -0.670. The SMILES string of the molecule is Cc1cccc(C)c1C(=O)C(Oc1ccc(P)cc1)c1ccccc1.[LiH]. The van der Waals surface area contributed by atoms with Crippen molar-refractivity contribution in [1.29, 1.82) is 0 Å². The number of benzene rings is 3. The van der Waals surface area contributed by atoms with E-state index in [9.17, 15) is 4.79 Å². The van der Waals surface area contributed by atoms with Gasteiger partial charge in [-0.05, 0) is 42.4 Å². The first-order valence-electron chi connectivity index (χ1n) is 8.24. The molecule has 0 radical (unpaired) electrons. The number of ether oxygens (including phenoxy) is 1. The van der Waals surface area contributed by atoms with Crippen LogP contribution >= 0.6 is 9.24 Å². The van der Waals surface area contributed by atoms with E-state index < -0.39 is 6.10 Å². The van der Waals surface area contributed by atoms with Crippen molar-refractivity contribution in [3.8, 4) is 5.75 Å². The van der Waals surface area contributed by atoms with Crippen molar-refractivity contribution in [2.45, 2.75) is 20.0 Å². The van der Waals surface area contributed by atoms with Gasteiger partial charge in [0.15, 0.2) is 6.10 Å². The molecule has 3 aromatic carbocycles. The van der Waals surface area contributed by atoms with Crippen LogP contribution in [0.15, 0.2) is 72.8 Å². The average Bonchev–Trinajstić information content (AvgIpc) is 2.61. The van der Waals surface area contributed by atoms with Crippen molar-refractivity contribution in [2.75, 3.05) is 0 Å². The molecule has 3 rings (SSSR count). The monoisotopic (exact) mass is 356 g/mol. The van der Waals surface area contributed by atoms with E-state index in [0.29, 0.717) is 5.75 Å². The quantitative estimate of drug-likeness (QED) is 0.390. The van der Waals surface area contributed by atoms with Crippen LogP contribution in [0.4, 0.5) is 0 Å². The first-order valence-corrected chi connectivity index (χ1v) is 8.81. The number of Topliss-reactive ketones (excluding diaryl/α,β-unsaturated/α-hetero) is 1. The van der Waals surface area contributed by atoms with Crippen LogP contribution in [0.3, 0.4) is 0 Å². The van der Waals surface area contributed by atoms with E-state index in [1.807, 2.05) is 86.6 Å². The van der Waals surface area contributed by atoms with Crippen LogP contribution in [-0.2, 0) is 0 Å². The first-order chi connectivity index (χ1) is 12.1. The van der Waals surface area contributed by atoms with E-state index in [2.05, 4.69) is 9.24 Å². The molecule has 0 saturated carbocycles. The number of hydrogen-bond donors (Lipinski definition) is 0. The summed E-state index contributed by atoms with van der Waals surface area (Å²) in [4.78, 5) is 13.3. The summed E-state index contributed by atoms with van der Waals surface area (Å²) < 4.78 is 6.12. The summed E-state index contributed by atoms with van der Waals surface area (Å²) in [7, 11) is 2.65. The zero-order valence-corrected chi connectivity index (χ0v) is 15.6. The Balaban J connectivity index is 0.00000243. The zero-order valence-electron chi connectivity index (χ0n) is 14.4. The molecule has 0 aliphatic carbocycles. The van der Waals surface area contributed by atoms with Gasteiger partial charge in [0.25, 0.3) is 0 Å². The summed E-state index contributed by atoms with van der Waals surface area (Å²) in [5.41, 5.74) is 3.52. The van der Waals surface area contributed by atoms with E-state index in [-0.39, 0.29) is 24.6 Å². The van der Waals surface area contributed by atoms with Crippen LogP contribution in [0.5, 0.6) is 5.75 Å². The second-order valence-electron chi connectivity index (χ2n) is 6.11. The topological polar surface area (TPSA) is 26.3 Å². The van der Waals surface area contributed by atoms with Crippen molar-refractivity contribution < 1.29 is 9.53 Å². The summed E-state index contributed by atoms with van der Waals surface area (Å²) in [5.74, 6) is 0.663. The third-order valence-electron chi connectivity index (χ3n) is 4.20. The van der Waals surface area contributed by atoms with Gasteiger partial charge in [0.1, 0.15) is 5.75 Å². The predicted octanol–water partition coefficient (Wildman–Crippen LogP) is 4.16. The Hall–Kier alpha value is -1.84. The molecule has 0 aliphatic heterocycles. The Morgan fingerprint density at radius 3 is 2.00 bits per heavy atom. The van der Waals surface area contributed by atoms with Crippen LogP contribution in [0, 0.1) is 13.8 Å².